The molecule has 0 radical (unpaired) electrons. The summed E-state index contributed by atoms with van der Waals surface area (Å²) in [6.07, 6.45) is 14.9. The van der Waals surface area contributed by atoms with Crippen LogP contribution in [0.5, 0.6) is 0 Å². The van der Waals surface area contributed by atoms with Crippen molar-refractivity contribution in [2.75, 3.05) is 0 Å². The van der Waals surface area contributed by atoms with Crippen LogP contribution < -0.4 is 21.2 Å². The zero-order valence-electron chi connectivity index (χ0n) is 35.0. The topological polar surface area (TPSA) is 0 Å². The summed E-state index contributed by atoms with van der Waals surface area (Å²) >= 11 is 0. The van der Waals surface area contributed by atoms with Crippen molar-refractivity contribution in [3.63, 3.8) is 0 Å². The predicted molar refractivity (Wildman–Crippen MR) is 270 cm³/mol. The van der Waals surface area contributed by atoms with E-state index < -0.39 is 15.8 Å². The van der Waals surface area contributed by atoms with Crippen LogP contribution in [0.3, 0.4) is 0 Å². The molecule has 4 heteroatoms. The van der Waals surface area contributed by atoms with Gasteiger partial charge in [-0.2, -0.15) is 0 Å². The van der Waals surface area contributed by atoms with E-state index in [1.165, 1.54) is 21.2 Å². The average molecular weight is 1030 g/mol. The minimum absolute atomic E-state index is 0. The van der Waals surface area contributed by atoms with E-state index in [1.807, 2.05) is 72.8 Å². The molecule has 0 bridgehead atoms. The quantitative estimate of drug-likeness (QED) is 0.0512. The first-order chi connectivity index (χ1) is 30.0. The van der Waals surface area contributed by atoms with Crippen LogP contribution in [0, 0.1) is 24.7 Å². The molecule has 0 aliphatic rings. The van der Waals surface area contributed by atoms with Gasteiger partial charge in [0.25, 0.3) is 0 Å². The van der Waals surface area contributed by atoms with Crippen molar-refractivity contribution in [1.29, 1.82) is 0 Å². The van der Waals surface area contributed by atoms with E-state index in [0.29, 0.717) is 0 Å². The summed E-state index contributed by atoms with van der Waals surface area (Å²) in [6, 6.07) is 81.5. The fourth-order valence-electron chi connectivity index (χ4n) is 8.62. The molecule has 0 spiro atoms. The molecule has 312 valence electrons. The molecule has 0 saturated carbocycles. The Morgan fingerprint density at radius 1 is 0.317 bits per heavy atom. The zero-order chi connectivity index (χ0) is 42.0. The van der Waals surface area contributed by atoms with E-state index in [4.69, 9.17) is 12.8 Å². The average Bonchev–Trinajstić information content (AvgIpc) is 3.31. The van der Waals surface area contributed by atoms with E-state index in [2.05, 4.69) is 183 Å². The second kappa shape index (κ2) is 22.4. The number of benzene rings is 10. The molecule has 0 aromatic heterocycles. The Hall–Kier alpha value is -5.30. The van der Waals surface area contributed by atoms with Crippen LogP contribution in [0.2, 0.25) is 0 Å². The monoisotopic (exact) mass is 1030 g/mol. The van der Waals surface area contributed by atoms with Gasteiger partial charge in [0.05, 0.1) is 0 Å². The molecule has 0 atom stereocenters. The number of fused-ring (bicyclic) bond motifs is 4. The van der Waals surface area contributed by atoms with Gasteiger partial charge in [0.2, 0.25) is 0 Å². The van der Waals surface area contributed by atoms with Crippen molar-refractivity contribution >= 4 is 80.2 Å². The molecule has 0 aliphatic carbocycles. The summed E-state index contributed by atoms with van der Waals surface area (Å²) in [7, 11) is -2.05. The fourth-order valence-corrected chi connectivity index (χ4v) is 17.0. The van der Waals surface area contributed by atoms with Crippen LogP contribution >= 0.6 is 15.8 Å². The molecule has 63 heavy (non-hydrogen) atoms. The zero-order valence-corrected chi connectivity index (χ0v) is 40.0. The molecule has 10 aromatic carbocycles. The van der Waals surface area contributed by atoms with Crippen LogP contribution in [-0.4, -0.2) is 4.90 Å². The van der Waals surface area contributed by atoms with Crippen molar-refractivity contribution in [2.45, 2.75) is 18.7 Å². The maximum Gasteiger partial charge on any atom is 1.00 e. The Balaban J connectivity index is 0.000000166. The maximum atomic E-state index is 7.46. The summed E-state index contributed by atoms with van der Waals surface area (Å²) in [5, 5.41) is 15.0. The molecular formula is C59H46Ag2P2+2. The number of hydrogen-bond acceptors (Lipinski definition) is 0. The van der Waals surface area contributed by atoms with Gasteiger partial charge in [-0.3, -0.25) is 11.8 Å². The predicted octanol–water partition coefficient (Wildman–Crippen LogP) is 13.3. The molecule has 0 aliphatic heterocycles. The van der Waals surface area contributed by atoms with Crippen molar-refractivity contribution in [1.82, 2.24) is 0 Å². The third-order valence-electron chi connectivity index (χ3n) is 11.3. The second-order valence-electron chi connectivity index (χ2n) is 15.5. The van der Waals surface area contributed by atoms with Gasteiger partial charge in [0.15, 0.2) is 4.90 Å². The van der Waals surface area contributed by atoms with E-state index in [-0.39, 0.29) is 49.7 Å². The summed E-state index contributed by atoms with van der Waals surface area (Å²) in [5.74, 6) is 5.13. The summed E-state index contributed by atoms with van der Waals surface area (Å²) in [4.78, 5) is 0.154. The van der Waals surface area contributed by atoms with E-state index in [0.717, 1.165) is 54.2 Å². The summed E-state index contributed by atoms with van der Waals surface area (Å²) < 4.78 is 0. The summed E-state index contributed by atoms with van der Waals surface area (Å²) in [6.45, 7) is 5.02. The van der Waals surface area contributed by atoms with E-state index in [9.17, 15) is 0 Å². The van der Waals surface area contributed by atoms with Gasteiger partial charge in [-0.25, -0.2) is 0 Å². The maximum absolute atomic E-state index is 7.46. The third-order valence-corrected chi connectivity index (χ3v) is 18.9. The first-order valence-electron chi connectivity index (χ1n) is 20.6. The van der Waals surface area contributed by atoms with E-state index >= 15 is 0 Å². The Labute approximate surface area is 406 Å². The van der Waals surface area contributed by atoms with Crippen LogP contribution in [-0.2, 0) is 44.8 Å². The first kappa shape index (κ1) is 47.2. The van der Waals surface area contributed by atoms with Crippen molar-refractivity contribution in [3.8, 4) is 11.8 Å². The Kier molecular flexibility index (Phi) is 16.7. The van der Waals surface area contributed by atoms with Gasteiger partial charge < -0.3 is 12.8 Å². The van der Waals surface area contributed by atoms with Gasteiger partial charge >= 0.3 is 44.8 Å². The van der Waals surface area contributed by atoms with Gasteiger partial charge in [0.1, 0.15) is 37.1 Å². The standard InChI is InChI=1S/C27H26P2.2C16H9.2Ag/c1-27(2,28(23-15-7-3-8-16-23)24-17-9-4-10-18-24)29(25-19-11-5-12-20-25)26-21-13-6-14-22-26;2*1-2-14-15-9-5-3-7-12(15)11-13-8-4-6-10-16(13)14;;/h3-22H,1-2H3;2*3-11H;;/q;2*-1;2*+1/p+2. The minimum atomic E-state index is -1.02. The largest absolute Gasteiger partial charge is 1.00 e. The summed E-state index contributed by atoms with van der Waals surface area (Å²) in [5.41, 5.74) is 1.77. The molecular weight excluding hydrogens is 986 g/mol. The van der Waals surface area contributed by atoms with Gasteiger partial charge in [-0.1, -0.05) is 191 Å². The smallest absolute Gasteiger partial charge is 0.366 e. The SMILES string of the molecule is CC(C)([PH+](c1ccccc1)c1ccccc1)[PH+](c1ccccc1)c1ccccc1.[Ag+].[Ag+].[C-]#Cc1c2ccccc2cc2ccccc12.[C-]#Cc1c2ccccc2cc2ccccc12. The molecule has 0 amide bonds. The van der Waals surface area contributed by atoms with Crippen molar-refractivity contribution in [2.24, 2.45) is 0 Å². The molecule has 10 aromatic rings. The van der Waals surface area contributed by atoms with Gasteiger partial charge in [-0.05, 0) is 82.2 Å². The fraction of sp³-hybridized carbons (Fsp3) is 0.0508. The normalized spacial score (nSPS) is 10.7. The van der Waals surface area contributed by atoms with Crippen molar-refractivity contribution < 1.29 is 44.8 Å². The Morgan fingerprint density at radius 3 is 0.746 bits per heavy atom. The Bertz CT molecular complexity index is 2730. The Morgan fingerprint density at radius 2 is 0.524 bits per heavy atom. The molecule has 0 heterocycles. The van der Waals surface area contributed by atoms with Crippen molar-refractivity contribution in [3.05, 3.63) is 254 Å². The van der Waals surface area contributed by atoms with E-state index in [1.54, 1.807) is 0 Å². The van der Waals surface area contributed by atoms with Crippen LogP contribution in [0.1, 0.15) is 25.0 Å². The minimum Gasteiger partial charge on any atom is -0.366 e. The second-order valence-corrected chi connectivity index (χ2v) is 22.3. The number of hydrogen-bond donors (Lipinski definition) is 0. The molecule has 0 nitrogen and oxygen atoms in total. The van der Waals surface area contributed by atoms with Crippen LogP contribution in [0.25, 0.3) is 43.1 Å². The molecule has 0 saturated heterocycles. The third kappa shape index (κ3) is 10.6. The van der Waals surface area contributed by atoms with Gasteiger partial charge in [0, 0.05) is 13.8 Å². The van der Waals surface area contributed by atoms with Crippen LogP contribution in [0.15, 0.2) is 231 Å². The first-order valence-corrected chi connectivity index (χ1v) is 23.6. The molecule has 0 unspecified atom stereocenters. The van der Waals surface area contributed by atoms with Gasteiger partial charge in [-0.15, -0.1) is 11.1 Å². The molecule has 0 N–H and O–H groups in total. The molecule has 0 fully saturated rings. The number of rotatable bonds is 6. The molecule has 10 rings (SSSR count). The van der Waals surface area contributed by atoms with Crippen LogP contribution in [0.4, 0.5) is 0 Å².